The summed E-state index contributed by atoms with van der Waals surface area (Å²) in [4.78, 5) is 22.9. The Morgan fingerprint density at radius 1 is 0.800 bits per heavy atom. The maximum absolute atomic E-state index is 11.4. The van der Waals surface area contributed by atoms with Crippen LogP contribution in [0.4, 0.5) is 0 Å². The van der Waals surface area contributed by atoms with E-state index in [0.717, 1.165) is 12.2 Å². The molecule has 0 N–H and O–H groups in total. The Kier molecular flexibility index (Phi) is 10.6. The first-order chi connectivity index (χ1) is 9.57. The van der Waals surface area contributed by atoms with Crippen molar-refractivity contribution >= 4 is 11.9 Å². The van der Waals surface area contributed by atoms with Crippen molar-refractivity contribution in [2.75, 3.05) is 13.2 Å². The zero-order valence-corrected chi connectivity index (χ0v) is 12.6. The van der Waals surface area contributed by atoms with E-state index in [9.17, 15) is 9.59 Å². The Morgan fingerprint density at radius 3 is 1.40 bits per heavy atom. The lowest BCUT2D eigenvalue weighted by atomic mass is 10.4. The molecule has 0 amide bonds. The van der Waals surface area contributed by atoms with Gasteiger partial charge in [-0.25, -0.2) is 9.59 Å². The lowest BCUT2D eigenvalue weighted by Gasteiger charge is -2.15. The SMILES string of the molecule is CCOC(CC)OC(=O)/C=C\C(=O)OC(CC)OCC. The number of esters is 2. The highest BCUT2D eigenvalue weighted by Crippen LogP contribution is 2.03. The van der Waals surface area contributed by atoms with E-state index in [1.807, 2.05) is 27.7 Å². The van der Waals surface area contributed by atoms with Gasteiger partial charge in [-0.05, 0) is 13.8 Å². The molecule has 6 heteroatoms. The second-order valence-corrected chi connectivity index (χ2v) is 3.79. The summed E-state index contributed by atoms with van der Waals surface area (Å²) in [6, 6.07) is 0. The minimum Gasteiger partial charge on any atom is -0.433 e. The molecule has 20 heavy (non-hydrogen) atoms. The molecular weight excluding hydrogens is 264 g/mol. The van der Waals surface area contributed by atoms with Crippen LogP contribution in [0.3, 0.4) is 0 Å². The van der Waals surface area contributed by atoms with Crippen LogP contribution in [0.15, 0.2) is 12.2 Å². The average molecular weight is 288 g/mol. The molecule has 0 rings (SSSR count). The molecule has 0 aromatic carbocycles. The third-order valence-corrected chi connectivity index (χ3v) is 2.22. The number of carbonyl (C=O) groups excluding carboxylic acids is 2. The molecule has 0 aliphatic rings. The van der Waals surface area contributed by atoms with Crippen LogP contribution >= 0.6 is 0 Å². The predicted molar refractivity (Wildman–Crippen MR) is 72.7 cm³/mol. The molecule has 2 unspecified atom stereocenters. The third kappa shape index (κ3) is 8.66. The smallest absolute Gasteiger partial charge is 0.333 e. The van der Waals surface area contributed by atoms with E-state index in [0.29, 0.717) is 26.1 Å². The maximum Gasteiger partial charge on any atom is 0.333 e. The van der Waals surface area contributed by atoms with Crippen molar-refractivity contribution in [1.29, 1.82) is 0 Å². The van der Waals surface area contributed by atoms with Crippen molar-refractivity contribution in [2.45, 2.75) is 53.1 Å². The highest BCUT2D eigenvalue weighted by atomic mass is 16.7. The molecule has 0 bridgehead atoms. The number of ether oxygens (including phenoxy) is 4. The lowest BCUT2D eigenvalue weighted by Crippen LogP contribution is -2.21. The molecule has 0 saturated heterocycles. The summed E-state index contributed by atoms with van der Waals surface area (Å²) >= 11 is 0. The first-order valence-electron chi connectivity index (χ1n) is 6.89. The highest BCUT2D eigenvalue weighted by Gasteiger charge is 2.12. The fourth-order valence-corrected chi connectivity index (χ4v) is 1.32. The van der Waals surface area contributed by atoms with E-state index < -0.39 is 24.5 Å². The zero-order chi connectivity index (χ0) is 15.4. The quantitative estimate of drug-likeness (QED) is 0.348. The summed E-state index contributed by atoms with van der Waals surface area (Å²) in [5, 5.41) is 0. The summed E-state index contributed by atoms with van der Waals surface area (Å²) in [5.41, 5.74) is 0. The van der Waals surface area contributed by atoms with Gasteiger partial charge in [-0.3, -0.25) is 0 Å². The van der Waals surface area contributed by atoms with Crippen molar-refractivity contribution in [3.8, 4) is 0 Å². The van der Waals surface area contributed by atoms with Gasteiger partial charge in [0.05, 0.1) is 0 Å². The van der Waals surface area contributed by atoms with Gasteiger partial charge >= 0.3 is 11.9 Å². The molecule has 0 aliphatic heterocycles. The van der Waals surface area contributed by atoms with Crippen molar-refractivity contribution in [3.63, 3.8) is 0 Å². The zero-order valence-electron chi connectivity index (χ0n) is 12.6. The molecule has 0 heterocycles. The fraction of sp³-hybridized carbons (Fsp3) is 0.714. The largest absolute Gasteiger partial charge is 0.433 e. The normalized spacial score (nSPS) is 14.0. The summed E-state index contributed by atoms with van der Waals surface area (Å²) in [6.07, 6.45) is 1.92. The topological polar surface area (TPSA) is 71.1 Å². The number of hydrogen-bond acceptors (Lipinski definition) is 6. The van der Waals surface area contributed by atoms with Crippen LogP contribution < -0.4 is 0 Å². The molecule has 0 saturated carbocycles. The van der Waals surface area contributed by atoms with Crippen molar-refractivity contribution in [1.82, 2.24) is 0 Å². The first kappa shape index (κ1) is 18.6. The lowest BCUT2D eigenvalue weighted by molar-refractivity contribution is -0.175. The second kappa shape index (κ2) is 11.4. The van der Waals surface area contributed by atoms with Crippen LogP contribution in [0.2, 0.25) is 0 Å². The summed E-state index contributed by atoms with van der Waals surface area (Å²) in [6.45, 7) is 8.18. The number of carbonyl (C=O) groups is 2. The Labute approximate surface area is 120 Å². The molecule has 0 aromatic rings. The molecule has 0 spiro atoms. The van der Waals surface area contributed by atoms with E-state index in [4.69, 9.17) is 18.9 Å². The monoisotopic (exact) mass is 288 g/mol. The molecule has 6 nitrogen and oxygen atoms in total. The maximum atomic E-state index is 11.4. The molecule has 116 valence electrons. The van der Waals surface area contributed by atoms with Gasteiger partial charge < -0.3 is 18.9 Å². The molecule has 0 aromatic heterocycles. The first-order valence-corrected chi connectivity index (χ1v) is 6.89. The van der Waals surface area contributed by atoms with Crippen molar-refractivity contribution < 1.29 is 28.5 Å². The molecule has 2 atom stereocenters. The molecule has 0 aliphatic carbocycles. The molecule has 0 radical (unpaired) electrons. The Balaban J connectivity index is 4.19. The standard InChI is InChI=1S/C14H24O6/c1-5-13(17-7-3)19-11(15)9-10-12(16)20-14(6-2)18-8-4/h9-10,13-14H,5-8H2,1-4H3/b10-9-. The minimum atomic E-state index is -0.647. The van der Waals surface area contributed by atoms with Crippen LogP contribution in [0.25, 0.3) is 0 Å². The number of hydrogen-bond donors (Lipinski definition) is 0. The van der Waals surface area contributed by atoms with Gasteiger partial charge in [-0.15, -0.1) is 0 Å². The van der Waals surface area contributed by atoms with Gasteiger partial charge in [0.1, 0.15) is 0 Å². The van der Waals surface area contributed by atoms with E-state index in [2.05, 4.69) is 0 Å². The fourth-order valence-electron chi connectivity index (χ4n) is 1.32. The van der Waals surface area contributed by atoms with Gasteiger partial charge in [-0.1, -0.05) is 13.8 Å². The summed E-state index contributed by atoms with van der Waals surface area (Å²) in [7, 11) is 0. The van der Waals surface area contributed by atoms with E-state index in [-0.39, 0.29) is 0 Å². The Morgan fingerprint density at radius 2 is 1.15 bits per heavy atom. The van der Waals surface area contributed by atoms with Crippen LogP contribution in [0, 0.1) is 0 Å². The van der Waals surface area contributed by atoms with Crippen molar-refractivity contribution in [3.05, 3.63) is 12.2 Å². The average Bonchev–Trinajstić information content (AvgIpc) is 2.44. The molecular formula is C14H24O6. The van der Waals surface area contributed by atoms with Gasteiger partial charge in [0.25, 0.3) is 0 Å². The van der Waals surface area contributed by atoms with E-state index in [1.54, 1.807) is 0 Å². The van der Waals surface area contributed by atoms with Crippen LogP contribution in [0.5, 0.6) is 0 Å². The second-order valence-electron chi connectivity index (χ2n) is 3.79. The van der Waals surface area contributed by atoms with Gasteiger partial charge in [-0.2, -0.15) is 0 Å². The van der Waals surface area contributed by atoms with Crippen LogP contribution in [-0.4, -0.2) is 37.7 Å². The van der Waals surface area contributed by atoms with Crippen molar-refractivity contribution in [2.24, 2.45) is 0 Å². The van der Waals surface area contributed by atoms with Gasteiger partial charge in [0.15, 0.2) is 0 Å². The third-order valence-electron chi connectivity index (χ3n) is 2.22. The summed E-state index contributed by atoms with van der Waals surface area (Å²) < 4.78 is 20.3. The number of rotatable bonds is 10. The Bertz CT molecular complexity index is 283. The highest BCUT2D eigenvalue weighted by molar-refractivity contribution is 5.91. The van der Waals surface area contributed by atoms with Gasteiger partial charge in [0, 0.05) is 38.2 Å². The summed E-state index contributed by atoms with van der Waals surface area (Å²) in [5.74, 6) is -1.29. The van der Waals surface area contributed by atoms with Gasteiger partial charge in [0.2, 0.25) is 12.6 Å². The van der Waals surface area contributed by atoms with Crippen LogP contribution in [-0.2, 0) is 28.5 Å². The van der Waals surface area contributed by atoms with E-state index >= 15 is 0 Å². The van der Waals surface area contributed by atoms with E-state index in [1.165, 1.54) is 0 Å². The predicted octanol–water partition coefficient (Wildman–Crippen LogP) is 2.17. The van der Waals surface area contributed by atoms with Crippen LogP contribution in [0.1, 0.15) is 40.5 Å². The Hall–Kier alpha value is -1.40. The molecule has 0 fully saturated rings. The minimum absolute atomic E-state index is 0.448.